The van der Waals surface area contributed by atoms with Crippen molar-refractivity contribution in [1.82, 2.24) is 14.8 Å². The number of para-hydroxylation sites is 1. The van der Waals surface area contributed by atoms with Gasteiger partial charge in [0.15, 0.2) is 11.0 Å². The summed E-state index contributed by atoms with van der Waals surface area (Å²) in [5.41, 5.74) is 0.978. The Morgan fingerprint density at radius 1 is 1.18 bits per heavy atom. The van der Waals surface area contributed by atoms with Crippen LogP contribution >= 0.6 is 23.4 Å². The van der Waals surface area contributed by atoms with Gasteiger partial charge in [-0.25, -0.2) is 4.39 Å². The molecule has 0 bridgehead atoms. The Bertz CT molecular complexity index is 1170. The molecule has 0 unspecified atom stereocenters. The van der Waals surface area contributed by atoms with Crippen LogP contribution in [0.5, 0.6) is 0 Å². The molecule has 1 aromatic heterocycles. The highest BCUT2D eigenvalue weighted by Gasteiger charge is 2.27. The summed E-state index contributed by atoms with van der Waals surface area (Å²) < 4.78 is 16.5. The first kappa shape index (κ1) is 23.3. The van der Waals surface area contributed by atoms with Gasteiger partial charge in [-0.05, 0) is 37.1 Å². The molecule has 0 aliphatic heterocycles. The molecule has 2 aromatic carbocycles. The number of hydrogen-bond acceptors (Lipinski definition) is 5. The second kappa shape index (κ2) is 10.8. The summed E-state index contributed by atoms with van der Waals surface area (Å²) in [6.45, 7) is 0.122. The predicted octanol–water partition coefficient (Wildman–Crippen LogP) is 5.89. The van der Waals surface area contributed by atoms with Gasteiger partial charge in [0.05, 0.1) is 29.0 Å². The molecule has 1 amide bonds. The van der Waals surface area contributed by atoms with Gasteiger partial charge in [0.1, 0.15) is 5.82 Å². The number of hydrogen-bond donors (Lipinski definition) is 0. The average Bonchev–Trinajstić information content (AvgIpc) is 3.49. The number of aromatic nitrogens is 3. The summed E-state index contributed by atoms with van der Waals surface area (Å²) in [5, 5.41) is 19.0. The van der Waals surface area contributed by atoms with Crippen molar-refractivity contribution in [1.29, 1.82) is 5.26 Å². The lowest BCUT2D eigenvalue weighted by molar-refractivity contribution is -0.116. The van der Waals surface area contributed by atoms with Crippen LogP contribution in [-0.4, -0.2) is 33.0 Å². The van der Waals surface area contributed by atoms with E-state index in [2.05, 4.69) is 14.8 Å². The number of thioether (sulfide) groups is 1. The van der Waals surface area contributed by atoms with E-state index >= 15 is 0 Å². The molecule has 1 heterocycles. The average molecular weight is 484 g/mol. The van der Waals surface area contributed by atoms with Crippen molar-refractivity contribution in [2.45, 2.75) is 43.3 Å². The van der Waals surface area contributed by atoms with Crippen LogP contribution in [-0.2, 0) is 4.79 Å². The number of amides is 1. The molecule has 1 saturated carbocycles. The van der Waals surface area contributed by atoms with Gasteiger partial charge in [0, 0.05) is 18.2 Å². The van der Waals surface area contributed by atoms with E-state index in [0.29, 0.717) is 16.0 Å². The number of halogens is 2. The number of benzene rings is 2. The molecule has 0 radical (unpaired) electrons. The normalized spacial score (nSPS) is 13.7. The molecule has 1 aliphatic rings. The van der Waals surface area contributed by atoms with Crippen LogP contribution in [0.1, 0.15) is 38.1 Å². The van der Waals surface area contributed by atoms with Crippen molar-refractivity contribution in [2.75, 3.05) is 17.2 Å². The Labute approximate surface area is 201 Å². The van der Waals surface area contributed by atoms with Crippen molar-refractivity contribution < 1.29 is 9.18 Å². The smallest absolute Gasteiger partial charge is 0.237 e. The lowest BCUT2D eigenvalue weighted by Gasteiger charge is -2.22. The summed E-state index contributed by atoms with van der Waals surface area (Å²) in [4.78, 5) is 14.4. The molecule has 9 heteroatoms. The second-order valence-electron chi connectivity index (χ2n) is 7.79. The largest absolute Gasteiger partial charge is 0.308 e. The number of anilines is 1. The van der Waals surface area contributed by atoms with Gasteiger partial charge >= 0.3 is 0 Å². The van der Waals surface area contributed by atoms with E-state index in [4.69, 9.17) is 16.9 Å². The fourth-order valence-corrected chi connectivity index (χ4v) is 5.21. The third-order valence-corrected chi connectivity index (χ3v) is 6.94. The highest BCUT2D eigenvalue weighted by molar-refractivity contribution is 7.99. The van der Waals surface area contributed by atoms with Crippen LogP contribution in [0.25, 0.3) is 11.4 Å². The van der Waals surface area contributed by atoms with Crippen molar-refractivity contribution >= 4 is 35.0 Å². The fourth-order valence-electron chi connectivity index (χ4n) is 4.11. The fraction of sp³-hybridized carbons (Fsp3) is 0.333. The predicted molar refractivity (Wildman–Crippen MR) is 128 cm³/mol. The molecule has 1 aliphatic carbocycles. The monoisotopic (exact) mass is 483 g/mol. The highest BCUT2D eigenvalue weighted by atomic mass is 35.5. The minimum atomic E-state index is -0.496. The lowest BCUT2D eigenvalue weighted by atomic mass is 10.2. The zero-order valence-corrected chi connectivity index (χ0v) is 19.5. The van der Waals surface area contributed by atoms with Gasteiger partial charge in [-0.3, -0.25) is 9.36 Å². The van der Waals surface area contributed by atoms with Crippen LogP contribution in [0, 0.1) is 17.1 Å². The van der Waals surface area contributed by atoms with Crippen LogP contribution in [0.2, 0.25) is 5.02 Å². The number of nitriles is 1. The van der Waals surface area contributed by atoms with E-state index < -0.39 is 5.82 Å². The SMILES string of the molecule is N#CCCN(C(=O)CSc1nnc(-c2ccccc2Cl)n1C1CCCC1)c1ccccc1F. The topological polar surface area (TPSA) is 74.8 Å². The lowest BCUT2D eigenvalue weighted by Crippen LogP contribution is -2.34. The first-order valence-electron chi connectivity index (χ1n) is 10.8. The maximum absolute atomic E-state index is 14.4. The molecule has 0 saturated heterocycles. The van der Waals surface area contributed by atoms with Gasteiger partial charge in [0.25, 0.3) is 0 Å². The second-order valence-corrected chi connectivity index (χ2v) is 9.14. The number of rotatable bonds is 8. The molecule has 6 nitrogen and oxygen atoms in total. The molecule has 1 fully saturated rings. The molecule has 0 atom stereocenters. The van der Waals surface area contributed by atoms with Gasteiger partial charge in [-0.2, -0.15) is 5.26 Å². The highest BCUT2D eigenvalue weighted by Crippen LogP contribution is 2.38. The van der Waals surface area contributed by atoms with Gasteiger partial charge in [-0.15, -0.1) is 10.2 Å². The van der Waals surface area contributed by atoms with Gasteiger partial charge in [0.2, 0.25) is 5.91 Å². The van der Waals surface area contributed by atoms with Crippen LogP contribution < -0.4 is 4.90 Å². The summed E-state index contributed by atoms with van der Waals surface area (Å²) in [6, 6.07) is 15.9. The van der Waals surface area contributed by atoms with Crippen LogP contribution in [0.4, 0.5) is 10.1 Å². The third kappa shape index (κ3) is 5.21. The van der Waals surface area contributed by atoms with Crippen molar-refractivity contribution in [3.8, 4) is 17.5 Å². The minimum absolute atomic E-state index is 0.0487. The minimum Gasteiger partial charge on any atom is -0.308 e. The van der Waals surface area contributed by atoms with E-state index in [9.17, 15) is 9.18 Å². The Morgan fingerprint density at radius 2 is 1.91 bits per heavy atom. The summed E-state index contributed by atoms with van der Waals surface area (Å²) in [6.07, 6.45) is 4.40. The Hall–Kier alpha value is -2.89. The van der Waals surface area contributed by atoms with E-state index in [1.165, 1.54) is 22.7 Å². The zero-order chi connectivity index (χ0) is 23.2. The summed E-state index contributed by atoms with van der Waals surface area (Å²) in [7, 11) is 0. The van der Waals surface area contributed by atoms with E-state index in [-0.39, 0.29) is 36.4 Å². The molecule has 0 spiro atoms. The molecule has 170 valence electrons. The first-order chi connectivity index (χ1) is 16.1. The molecule has 3 aromatic rings. The molecular formula is C24H23ClFN5OS. The van der Waals surface area contributed by atoms with Crippen molar-refractivity contribution in [3.05, 3.63) is 59.4 Å². The van der Waals surface area contributed by atoms with Crippen LogP contribution in [0.15, 0.2) is 53.7 Å². The molecule has 33 heavy (non-hydrogen) atoms. The first-order valence-corrected chi connectivity index (χ1v) is 12.2. The number of carbonyl (C=O) groups excluding carboxylic acids is 1. The van der Waals surface area contributed by atoms with Crippen molar-refractivity contribution in [3.63, 3.8) is 0 Å². The molecule has 4 rings (SSSR count). The summed E-state index contributed by atoms with van der Waals surface area (Å²) in [5.74, 6) is -0.0462. The van der Waals surface area contributed by atoms with E-state index in [1.807, 2.05) is 30.3 Å². The van der Waals surface area contributed by atoms with Crippen molar-refractivity contribution in [2.24, 2.45) is 0 Å². The maximum atomic E-state index is 14.4. The third-order valence-electron chi connectivity index (χ3n) is 5.69. The Morgan fingerprint density at radius 3 is 2.64 bits per heavy atom. The quantitative estimate of drug-likeness (QED) is 0.373. The van der Waals surface area contributed by atoms with Crippen LogP contribution in [0.3, 0.4) is 0 Å². The molecular weight excluding hydrogens is 461 g/mol. The van der Waals surface area contributed by atoms with Gasteiger partial charge < -0.3 is 4.90 Å². The standard InChI is InChI=1S/C24H23ClFN5OS/c25-19-11-4-3-10-18(19)23-28-29-24(31(23)17-8-1-2-9-17)33-16-22(32)30(15-7-14-27)21-13-6-5-12-20(21)26/h3-6,10-13,17H,1-2,7-9,15-16H2. The number of carbonyl (C=O) groups is 1. The number of nitrogens with zero attached hydrogens (tertiary/aromatic N) is 5. The molecule has 0 N–H and O–H groups in total. The Balaban J connectivity index is 1.59. The Kier molecular flexibility index (Phi) is 7.63. The van der Waals surface area contributed by atoms with E-state index in [1.54, 1.807) is 18.2 Å². The maximum Gasteiger partial charge on any atom is 0.237 e. The summed E-state index contributed by atoms with van der Waals surface area (Å²) >= 11 is 7.71. The zero-order valence-electron chi connectivity index (χ0n) is 18.0. The van der Waals surface area contributed by atoms with Gasteiger partial charge in [-0.1, -0.05) is 60.5 Å². The van der Waals surface area contributed by atoms with E-state index in [0.717, 1.165) is 31.2 Å².